The molecule has 1 aliphatic heterocycles. The second-order valence-corrected chi connectivity index (χ2v) is 9.05. The number of nitrogens with zero attached hydrogens (tertiary/aromatic N) is 7. The molecule has 0 saturated heterocycles. The number of hydrogen-bond donors (Lipinski definition) is 1. The van der Waals surface area contributed by atoms with Crippen LogP contribution in [0.4, 0.5) is 11.6 Å². The van der Waals surface area contributed by atoms with Gasteiger partial charge in [-0.15, -0.1) is 6.58 Å². The van der Waals surface area contributed by atoms with Crippen LogP contribution in [0.2, 0.25) is 0 Å². The Hall–Kier alpha value is -4.05. The number of hydrazone groups is 1. The zero-order valence-electron chi connectivity index (χ0n) is 21.2. The molecule has 3 aromatic rings. The molecule has 10 nitrogen and oxygen atoms in total. The number of benzene rings is 1. The molecule has 3 heterocycles. The van der Waals surface area contributed by atoms with Crippen molar-refractivity contribution >= 4 is 34.9 Å². The molecule has 1 amide bonds. The topological polar surface area (TPSA) is 101 Å². The number of anilines is 2. The Morgan fingerprint density at radius 2 is 2.14 bits per heavy atom. The van der Waals surface area contributed by atoms with Crippen molar-refractivity contribution in [3.8, 4) is 0 Å². The molecule has 1 aromatic carbocycles. The van der Waals surface area contributed by atoms with Gasteiger partial charge in [0.2, 0.25) is 12.4 Å². The first-order valence-corrected chi connectivity index (χ1v) is 12.0. The predicted molar refractivity (Wildman–Crippen MR) is 142 cm³/mol. The maximum atomic E-state index is 13.2. The molecule has 1 aliphatic rings. The first kappa shape index (κ1) is 25.1. The molecule has 188 valence electrons. The van der Waals surface area contributed by atoms with Crippen LogP contribution in [0.25, 0.3) is 11.0 Å². The summed E-state index contributed by atoms with van der Waals surface area (Å²) in [5, 5.41) is 9.43. The maximum absolute atomic E-state index is 13.2. The van der Waals surface area contributed by atoms with Gasteiger partial charge in [-0.1, -0.05) is 18.2 Å². The number of nitrogens with one attached hydrogen (secondary N) is 1. The number of carbonyl (C=O) groups is 1. The smallest absolute Gasteiger partial charge is 0.278 e. The summed E-state index contributed by atoms with van der Waals surface area (Å²) in [5.41, 5.74) is 3.60. The van der Waals surface area contributed by atoms with Gasteiger partial charge in [0.05, 0.1) is 6.54 Å². The van der Waals surface area contributed by atoms with Crippen LogP contribution >= 0.6 is 0 Å². The van der Waals surface area contributed by atoms with Crippen LogP contribution in [0, 0.1) is 0 Å². The summed E-state index contributed by atoms with van der Waals surface area (Å²) in [6.07, 6.45) is 8.35. The van der Waals surface area contributed by atoms with Gasteiger partial charge in [-0.05, 0) is 63.6 Å². The molecule has 0 fully saturated rings. The molecule has 0 aliphatic carbocycles. The lowest BCUT2D eigenvalue weighted by Gasteiger charge is -2.25. The highest BCUT2D eigenvalue weighted by Gasteiger charge is 2.20. The number of aromatic nitrogens is 4. The van der Waals surface area contributed by atoms with Gasteiger partial charge in [0.15, 0.2) is 11.5 Å². The number of rotatable bonds is 8. The van der Waals surface area contributed by atoms with Crippen LogP contribution in [0.15, 0.2) is 59.1 Å². The average molecular weight is 489 g/mol. The molecule has 4 rings (SSSR count). The summed E-state index contributed by atoms with van der Waals surface area (Å²) >= 11 is 0. The minimum Gasteiger partial charge on any atom is -0.324 e. The van der Waals surface area contributed by atoms with E-state index in [1.54, 1.807) is 22.9 Å². The van der Waals surface area contributed by atoms with Crippen molar-refractivity contribution in [1.29, 1.82) is 0 Å². The van der Waals surface area contributed by atoms with E-state index >= 15 is 0 Å². The van der Waals surface area contributed by atoms with E-state index in [0.717, 1.165) is 25.2 Å². The fourth-order valence-corrected chi connectivity index (χ4v) is 4.19. The molecule has 36 heavy (non-hydrogen) atoms. The molecule has 0 radical (unpaired) electrons. The van der Waals surface area contributed by atoms with Crippen LogP contribution in [0.3, 0.4) is 0 Å². The molecule has 0 saturated carbocycles. The molecule has 0 atom stereocenters. The largest absolute Gasteiger partial charge is 0.324 e. The van der Waals surface area contributed by atoms with Crippen molar-refractivity contribution in [2.75, 3.05) is 18.9 Å². The third kappa shape index (κ3) is 4.99. The molecule has 10 heteroatoms. The summed E-state index contributed by atoms with van der Waals surface area (Å²) in [4.78, 5) is 36.3. The lowest BCUT2D eigenvalue weighted by Crippen LogP contribution is -2.31. The number of allylic oxidation sites excluding steroid dienone is 3. The number of carbonyl (C=O) groups excluding carboxylic acids is 1. The van der Waals surface area contributed by atoms with Crippen molar-refractivity contribution in [2.45, 2.75) is 46.3 Å². The number of amides is 1. The van der Waals surface area contributed by atoms with E-state index in [1.165, 1.54) is 27.0 Å². The predicted octanol–water partition coefficient (Wildman–Crippen LogP) is 3.12. The Labute approximate surface area is 210 Å². The summed E-state index contributed by atoms with van der Waals surface area (Å²) in [5.74, 6) is 0.723. The minimum atomic E-state index is -0.271. The lowest BCUT2D eigenvalue weighted by atomic mass is 9.99. The van der Waals surface area contributed by atoms with E-state index in [0.29, 0.717) is 29.2 Å². The Morgan fingerprint density at radius 1 is 1.33 bits per heavy atom. The van der Waals surface area contributed by atoms with Crippen LogP contribution in [-0.2, 0) is 24.3 Å². The Bertz CT molecular complexity index is 1400. The minimum absolute atomic E-state index is 0.168. The number of fused-ring (bicyclic) bond motifs is 2. The highest BCUT2D eigenvalue weighted by atomic mass is 16.1. The Morgan fingerprint density at radius 3 is 2.83 bits per heavy atom. The van der Waals surface area contributed by atoms with Crippen molar-refractivity contribution < 1.29 is 4.79 Å². The van der Waals surface area contributed by atoms with Gasteiger partial charge in [0, 0.05) is 31.0 Å². The first-order chi connectivity index (χ1) is 17.4. The van der Waals surface area contributed by atoms with Gasteiger partial charge in [0.25, 0.3) is 5.56 Å². The number of likely N-dealkylation sites (N-methyl/N-ethyl adjacent to an activating group) is 1. The van der Waals surface area contributed by atoms with Crippen molar-refractivity contribution in [3.05, 3.63) is 70.7 Å². The van der Waals surface area contributed by atoms with E-state index in [-0.39, 0.29) is 18.1 Å². The second-order valence-electron chi connectivity index (χ2n) is 9.05. The monoisotopic (exact) mass is 488 g/mol. The summed E-state index contributed by atoms with van der Waals surface area (Å²) < 4.78 is 3.08. The van der Waals surface area contributed by atoms with Crippen LogP contribution in [-0.4, -0.2) is 61.1 Å². The van der Waals surface area contributed by atoms with Crippen LogP contribution in [0.5, 0.6) is 0 Å². The highest BCUT2D eigenvalue weighted by Crippen LogP contribution is 2.24. The first-order valence-electron chi connectivity index (χ1n) is 12.0. The zero-order chi connectivity index (χ0) is 25.8. The van der Waals surface area contributed by atoms with E-state index < -0.39 is 0 Å². The zero-order valence-corrected chi connectivity index (χ0v) is 21.2. The van der Waals surface area contributed by atoms with Gasteiger partial charge >= 0.3 is 0 Å². The third-order valence-electron chi connectivity index (χ3n) is 6.03. The van der Waals surface area contributed by atoms with E-state index in [2.05, 4.69) is 46.1 Å². The fourth-order valence-electron chi connectivity index (χ4n) is 4.19. The average Bonchev–Trinajstić information content (AvgIpc) is 3.12. The van der Waals surface area contributed by atoms with E-state index in [1.807, 2.05) is 26.8 Å². The standard InChI is InChI=1S/C26H32N8O2/c1-6-8-23(30-32(17-35)18(3)4)34-24-22(25(36)33(34)12-7-2)15-27-26(29-24)28-21-10-9-19-11-13-31(5)16-20(19)14-21/h6-10,14-15,17-18H,2,11-13,16H2,1,3-5H3,(H,27,28,29)/b8-6-,30-23+. The van der Waals surface area contributed by atoms with E-state index in [9.17, 15) is 9.59 Å². The van der Waals surface area contributed by atoms with Gasteiger partial charge < -0.3 is 10.2 Å². The van der Waals surface area contributed by atoms with E-state index in [4.69, 9.17) is 4.98 Å². The van der Waals surface area contributed by atoms with Crippen molar-refractivity contribution in [2.24, 2.45) is 5.10 Å². The summed E-state index contributed by atoms with van der Waals surface area (Å²) in [6.45, 7) is 11.5. The molecule has 0 bridgehead atoms. The van der Waals surface area contributed by atoms with Crippen molar-refractivity contribution in [3.63, 3.8) is 0 Å². The Balaban J connectivity index is 1.83. The Kier molecular flexibility index (Phi) is 7.44. The molecular weight excluding hydrogens is 456 g/mol. The normalized spacial score (nSPS) is 14.4. The molecule has 1 N–H and O–H groups in total. The quantitative estimate of drug-likeness (QED) is 0.172. The summed E-state index contributed by atoms with van der Waals surface area (Å²) in [7, 11) is 2.11. The maximum Gasteiger partial charge on any atom is 0.278 e. The highest BCUT2D eigenvalue weighted by molar-refractivity contribution is 5.99. The van der Waals surface area contributed by atoms with Gasteiger partial charge in [-0.2, -0.15) is 10.1 Å². The lowest BCUT2D eigenvalue weighted by molar-refractivity contribution is -0.119. The fraction of sp³-hybridized carbons (Fsp3) is 0.346. The molecule has 2 aromatic heterocycles. The third-order valence-corrected chi connectivity index (χ3v) is 6.03. The van der Waals surface area contributed by atoms with Gasteiger partial charge in [-0.3, -0.25) is 9.59 Å². The van der Waals surface area contributed by atoms with Crippen LogP contribution in [0.1, 0.15) is 31.9 Å². The van der Waals surface area contributed by atoms with Gasteiger partial charge in [0.1, 0.15) is 5.39 Å². The molecule has 0 unspecified atom stereocenters. The SMILES string of the molecule is C=CCn1c(=O)c2cnc(Nc3ccc4c(c3)CN(C)CC4)nc2n1C(/C=C\C)=N/N(C=O)C(C)C. The number of hydrogen-bond acceptors (Lipinski definition) is 7. The second kappa shape index (κ2) is 10.7. The molecule has 0 spiro atoms. The van der Waals surface area contributed by atoms with Crippen LogP contribution < -0.4 is 10.9 Å². The van der Waals surface area contributed by atoms with Gasteiger partial charge in [-0.25, -0.2) is 19.4 Å². The van der Waals surface area contributed by atoms with Crippen molar-refractivity contribution in [1.82, 2.24) is 29.2 Å². The summed E-state index contributed by atoms with van der Waals surface area (Å²) in [6, 6.07) is 6.10. The molecular formula is C26H32N8O2.